The zero-order valence-electron chi connectivity index (χ0n) is 17.8. The van der Waals surface area contributed by atoms with Crippen molar-refractivity contribution in [2.45, 2.75) is 13.0 Å². The molecular weight excluding hydrogens is 396 g/mol. The fourth-order valence-corrected chi connectivity index (χ4v) is 3.50. The number of carbonyl (C=O) groups is 1. The molecule has 7 nitrogen and oxygen atoms in total. The molecule has 0 aliphatic rings. The fraction of sp³-hybridized carbons (Fsp3) is 0.208. The lowest BCUT2D eigenvalue weighted by Crippen LogP contribution is -2.32. The van der Waals surface area contributed by atoms with Gasteiger partial charge in [0.05, 0.1) is 27.0 Å². The lowest BCUT2D eigenvalue weighted by Gasteiger charge is -2.18. The number of para-hydroxylation sites is 1. The van der Waals surface area contributed by atoms with Crippen molar-refractivity contribution in [3.05, 3.63) is 54.6 Å². The Morgan fingerprint density at radius 2 is 1.58 bits per heavy atom. The SMILES string of the molecule is COc1cc2c(cc1NC(=O)[C@@H](C)Nc1ccc(OC)c(OC)c1)oc1ccccc12. The first kappa shape index (κ1) is 20.4. The summed E-state index contributed by atoms with van der Waals surface area (Å²) in [5.74, 6) is 1.54. The predicted octanol–water partition coefficient (Wildman–Crippen LogP) is 5.05. The maximum atomic E-state index is 12.9. The van der Waals surface area contributed by atoms with Crippen molar-refractivity contribution in [1.29, 1.82) is 0 Å². The van der Waals surface area contributed by atoms with Crippen LogP contribution in [0.25, 0.3) is 21.9 Å². The van der Waals surface area contributed by atoms with Crippen LogP contribution in [0.2, 0.25) is 0 Å². The van der Waals surface area contributed by atoms with Crippen LogP contribution >= 0.6 is 0 Å². The van der Waals surface area contributed by atoms with Crippen LogP contribution in [-0.4, -0.2) is 33.3 Å². The Bertz CT molecular complexity index is 1250. The number of furan rings is 1. The summed E-state index contributed by atoms with van der Waals surface area (Å²) >= 11 is 0. The van der Waals surface area contributed by atoms with Gasteiger partial charge in [0.2, 0.25) is 5.91 Å². The standard InChI is InChI=1S/C24H24N2O5/c1-14(25-15-9-10-20(28-2)23(11-15)30-4)24(27)26-18-13-21-17(12-22(18)29-3)16-7-5-6-8-19(16)31-21/h5-14,25H,1-4H3,(H,26,27)/t14-/m1/s1. The predicted molar refractivity (Wildman–Crippen MR) is 122 cm³/mol. The number of rotatable bonds is 7. The van der Waals surface area contributed by atoms with Crippen LogP contribution in [0.15, 0.2) is 59.0 Å². The normalized spacial score (nSPS) is 11.9. The number of methoxy groups -OCH3 is 3. The highest BCUT2D eigenvalue weighted by molar-refractivity contribution is 6.08. The lowest BCUT2D eigenvalue weighted by atomic mass is 10.1. The molecule has 4 aromatic rings. The van der Waals surface area contributed by atoms with Crippen LogP contribution < -0.4 is 24.8 Å². The van der Waals surface area contributed by atoms with Gasteiger partial charge in [0, 0.05) is 28.6 Å². The molecular formula is C24H24N2O5. The molecule has 0 saturated heterocycles. The Balaban J connectivity index is 1.56. The van der Waals surface area contributed by atoms with Crippen molar-refractivity contribution in [3.63, 3.8) is 0 Å². The van der Waals surface area contributed by atoms with E-state index in [1.165, 1.54) is 0 Å². The van der Waals surface area contributed by atoms with Crippen molar-refractivity contribution < 1.29 is 23.4 Å². The first-order chi connectivity index (χ1) is 15.0. The summed E-state index contributed by atoms with van der Waals surface area (Å²) in [6, 6.07) is 16.3. The van der Waals surface area contributed by atoms with E-state index in [1.54, 1.807) is 46.5 Å². The average Bonchev–Trinajstić information content (AvgIpc) is 3.15. The minimum Gasteiger partial charge on any atom is -0.495 e. The topological polar surface area (TPSA) is 82.0 Å². The number of amides is 1. The van der Waals surface area contributed by atoms with E-state index >= 15 is 0 Å². The van der Waals surface area contributed by atoms with Crippen molar-refractivity contribution in [1.82, 2.24) is 0 Å². The summed E-state index contributed by atoms with van der Waals surface area (Å²) in [6.45, 7) is 1.78. The van der Waals surface area contributed by atoms with Crippen LogP contribution in [0.3, 0.4) is 0 Å². The Hall–Kier alpha value is -3.87. The van der Waals surface area contributed by atoms with E-state index in [1.807, 2.05) is 36.4 Å². The van der Waals surface area contributed by atoms with Gasteiger partial charge in [-0.05, 0) is 31.2 Å². The molecule has 0 spiro atoms. The third-order valence-electron chi connectivity index (χ3n) is 5.12. The zero-order valence-corrected chi connectivity index (χ0v) is 17.8. The first-order valence-corrected chi connectivity index (χ1v) is 9.82. The molecule has 0 fully saturated rings. The molecule has 0 aliphatic carbocycles. The van der Waals surface area contributed by atoms with Gasteiger partial charge in [0.15, 0.2) is 11.5 Å². The molecule has 2 N–H and O–H groups in total. The molecule has 1 aromatic heterocycles. The molecule has 1 amide bonds. The third-order valence-corrected chi connectivity index (χ3v) is 5.12. The Morgan fingerprint density at radius 3 is 2.32 bits per heavy atom. The highest BCUT2D eigenvalue weighted by atomic mass is 16.5. The van der Waals surface area contributed by atoms with Crippen molar-refractivity contribution in [3.8, 4) is 17.2 Å². The maximum Gasteiger partial charge on any atom is 0.246 e. The quantitative estimate of drug-likeness (QED) is 0.435. The molecule has 160 valence electrons. The highest BCUT2D eigenvalue weighted by Crippen LogP contribution is 2.36. The minimum absolute atomic E-state index is 0.219. The van der Waals surface area contributed by atoms with Crippen LogP contribution in [-0.2, 0) is 4.79 Å². The fourth-order valence-electron chi connectivity index (χ4n) is 3.50. The summed E-state index contributed by atoms with van der Waals surface area (Å²) in [6.07, 6.45) is 0. The van der Waals surface area contributed by atoms with E-state index in [0.29, 0.717) is 28.5 Å². The van der Waals surface area contributed by atoms with Gasteiger partial charge in [-0.25, -0.2) is 0 Å². The number of carbonyl (C=O) groups excluding carboxylic acids is 1. The van der Waals surface area contributed by atoms with Crippen molar-refractivity contribution in [2.75, 3.05) is 32.0 Å². The van der Waals surface area contributed by atoms with Gasteiger partial charge in [0.25, 0.3) is 0 Å². The number of ether oxygens (including phenoxy) is 3. The van der Waals surface area contributed by atoms with Crippen LogP contribution in [0, 0.1) is 0 Å². The highest BCUT2D eigenvalue weighted by Gasteiger charge is 2.18. The van der Waals surface area contributed by atoms with Crippen LogP contribution in [0.5, 0.6) is 17.2 Å². The molecule has 0 saturated carbocycles. The molecule has 4 rings (SSSR count). The Kier molecular flexibility index (Phi) is 5.58. The van der Waals surface area contributed by atoms with E-state index in [-0.39, 0.29) is 5.91 Å². The Morgan fingerprint density at radius 1 is 0.839 bits per heavy atom. The van der Waals surface area contributed by atoms with Gasteiger partial charge in [-0.15, -0.1) is 0 Å². The van der Waals surface area contributed by atoms with Gasteiger partial charge >= 0.3 is 0 Å². The van der Waals surface area contributed by atoms with Crippen LogP contribution in [0.1, 0.15) is 6.92 Å². The Labute approximate surface area is 179 Å². The summed E-state index contributed by atoms with van der Waals surface area (Å²) in [7, 11) is 4.72. The van der Waals surface area contributed by atoms with Gasteiger partial charge in [0.1, 0.15) is 23.0 Å². The largest absolute Gasteiger partial charge is 0.495 e. The summed E-state index contributed by atoms with van der Waals surface area (Å²) in [4.78, 5) is 12.9. The number of hydrogen-bond acceptors (Lipinski definition) is 6. The van der Waals surface area contributed by atoms with Gasteiger partial charge in [-0.1, -0.05) is 18.2 Å². The van der Waals surface area contributed by atoms with Gasteiger partial charge < -0.3 is 29.3 Å². The van der Waals surface area contributed by atoms with E-state index < -0.39 is 6.04 Å². The average molecular weight is 420 g/mol. The number of anilines is 2. The number of nitrogens with one attached hydrogen (secondary N) is 2. The molecule has 3 aromatic carbocycles. The van der Waals surface area contributed by atoms with Crippen molar-refractivity contribution >= 4 is 39.2 Å². The smallest absolute Gasteiger partial charge is 0.246 e. The van der Waals surface area contributed by atoms with E-state index in [9.17, 15) is 4.79 Å². The van der Waals surface area contributed by atoms with E-state index in [2.05, 4.69) is 10.6 Å². The third kappa shape index (κ3) is 3.94. The summed E-state index contributed by atoms with van der Waals surface area (Å²) in [5.41, 5.74) is 2.74. The molecule has 7 heteroatoms. The zero-order chi connectivity index (χ0) is 22.0. The monoisotopic (exact) mass is 420 g/mol. The van der Waals surface area contributed by atoms with Crippen LogP contribution in [0.4, 0.5) is 11.4 Å². The molecule has 0 bridgehead atoms. The second-order valence-electron chi connectivity index (χ2n) is 7.07. The number of benzene rings is 3. The molecule has 0 aliphatic heterocycles. The second kappa shape index (κ2) is 8.47. The molecule has 1 atom stereocenters. The van der Waals surface area contributed by atoms with E-state index in [4.69, 9.17) is 18.6 Å². The van der Waals surface area contributed by atoms with Gasteiger partial charge in [-0.3, -0.25) is 4.79 Å². The summed E-state index contributed by atoms with van der Waals surface area (Å²) in [5, 5.41) is 8.03. The molecule has 1 heterocycles. The van der Waals surface area contributed by atoms with Crippen molar-refractivity contribution in [2.24, 2.45) is 0 Å². The number of hydrogen-bond donors (Lipinski definition) is 2. The lowest BCUT2D eigenvalue weighted by molar-refractivity contribution is -0.116. The molecule has 31 heavy (non-hydrogen) atoms. The first-order valence-electron chi connectivity index (χ1n) is 9.82. The minimum atomic E-state index is -0.519. The van der Waals surface area contributed by atoms with E-state index in [0.717, 1.165) is 22.0 Å². The molecule has 0 radical (unpaired) electrons. The molecule has 0 unspecified atom stereocenters. The van der Waals surface area contributed by atoms with Gasteiger partial charge in [-0.2, -0.15) is 0 Å². The summed E-state index contributed by atoms with van der Waals surface area (Å²) < 4.78 is 22.0. The second-order valence-corrected chi connectivity index (χ2v) is 7.07. The maximum absolute atomic E-state index is 12.9. The number of fused-ring (bicyclic) bond motifs is 3.